The third-order valence-electron chi connectivity index (χ3n) is 4.25. The van der Waals surface area contributed by atoms with Crippen LogP contribution < -0.4 is 0 Å². The molecule has 2 heterocycles. The molecule has 21 heavy (non-hydrogen) atoms. The van der Waals surface area contributed by atoms with Crippen molar-refractivity contribution in [1.82, 2.24) is 14.5 Å². The normalized spacial score (nSPS) is 15.6. The first kappa shape index (κ1) is 14.1. The molecule has 0 radical (unpaired) electrons. The maximum absolute atomic E-state index is 9.03. The van der Waals surface area contributed by atoms with Crippen LogP contribution in [0.25, 0.3) is 11.0 Å². The molecule has 0 bridgehead atoms. The van der Waals surface area contributed by atoms with E-state index >= 15 is 0 Å². The summed E-state index contributed by atoms with van der Waals surface area (Å²) in [6, 6.07) is 8.03. The van der Waals surface area contributed by atoms with Crippen LogP contribution in [-0.2, 0) is 13.0 Å². The first-order chi connectivity index (χ1) is 10.3. The molecular formula is C17H22N4. The second-order valence-corrected chi connectivity index (χ2v) is 5.79. The van der Waals surface area contributed by atoms with Crippen LogP contribution in [0.3, 0.4) is 0 Å². The van der Waals surface area contributed by atoms with Crippen LogP contribution in [0.1, 0.15) is 37.6 Å². The van der Waals surface area contributed by atoms with E-state index in [1.54, 1.807) is 0 Å². The Balaban J connectivity index is 1.88. The molecule has 1 fully saturated rings. The molecule has 1 aromatic heterocycles. The fourth-order valence-electron chi connectivity index (χ4n) is 3.18. The fourth-order valence-corrected chi connectivity index (χ4v) is 3.18. The molecule has 0 aliphatic carbocycles. The Morgan fingerprint density at radius 3 is 2.76 bits per heavy atom. The Morgan fingerprint density at radius 2 is 2.05 bits per heavy atom. The molecule has 0 spiro atoms. The van der Waals surface area contributed by atoms with Gasteiger partial charge in [0, 0.05) is 19.5 Å². The third-order valence-corrected chi connectivity index (χ3v) is 4.25. The van der Waals surface area contributed by atoms with Crippen molar-refractivity contribution in [3.8, 4) is 6.07 Å². The predicted octanol–water partition coefficient (Wildman–Crippen LogP) is 2.96. The Bertz CT molecular complexity index is 659. The third kappa shape index (κ3) is 2.93. The first-order valence-corrected chi connectivity index (χ1v) is 7.93. The summed E-state index contributed by atoms with van der Waals surface area (Å²) in [5, 5.41) is 9.03. The molecule has 1 saturated heterocycles. The summed E-state index contributed by atoms with van der Waals surface area (Å²) in [6.45, 7) is 6.74. The zero-order valence-corrected chi connectivity index (χ0v) is 12.7. The van der Waals surface area contributed by atoms with E-state index in [1.165, 1.54) is 25.9 Å². The molecule has 0 N–H and O–H groups in total. The van der Waals surface area contributed by atoms with Crippen molar-refractivity contribution in [3.05, 3.63) is 29.6 Å². The summed E-state index contributed by atoms with van der Waals surface area (Å²) in [5.41, 5.74) is 2.81. The number of nitriles is 1. The lowest BCUT2D eigenvalue weighted by molar-refractivity contribution is 0.339. The number of fused-ring (bicyclic) bond motifs is 1. The van der Waals surface area contributed by atoms with Crippen molar-refractivity contribution in [3.63, 3.8) is 0 Å². The highest BCUT2D eigenvalue weighted by atomic mass is 15.1. The van der Waals surface area contributed by atoms with Gasteiger partial charge < -0.3 is 9.47 Å². The van der Waals surface area contributed by atoms with Crippen molar-refractivity contribution in [2.45, 2.75) is 39.2 Å². The summed E-state index contributed by atoms with van der Waals surface area (Å²) < 4.78 is 2.33. The largest absolute Gasteiger partial charge is 0.328 e. The topological polar surface area (TPSA) is 44.9 Å². The molecule has 0 amide bonds. The van der Waals surface area contributed by atoms with E-state index < -0.39 is 0 Å². The molecule has 110 valence electrons. The number of imidazole rings is 1. The quantitative estimate of drug-likeness (QED) is 0.847. The van der Waals surface area contributed by atoms with E-state index in [9.17, 15) is 0 Å². The van der Waals surface area contributed by atoms with Gasteiger partial charge in [-0.25, -0.2) is 4.98 Å². The summed E-state index contributed by atoms with van der Waals surface area (Å²) in [7, 11) is 0. The number of likely N-dealkylation sites (tertiary alicyclic amines) is 1. The van der Waals surface area contributed by atoms with Crippen molar-refractivity contribution in [2.24, 2.45) is 0 Å². The van der Waals surface area contributed by atoms with Crippen molar-refractivity contribution in [1.29, 1.82) is 5.26 Å². The van der Waals surface area contributed by atoms with Crippen LogP contribution in [0.5, 0.6) is 0 Å². The molecular weight excluding hydrogens is 260 g/mol. The highest BCUT2D eigenvalue weighted by molar-refractivity contribution is 5.77. The average molecular weight is 282 g/mol. The molecule has 0 atom stereocenters. The van der Waals surface area contributed by atoms with Gasteiger partial charge in [-0.1, -0.05) is 6.92 Å². The van der Waals surface area contributed by atoms with E-state index in [0.29, 0.717) is 5.56 Å². The van der Waals surface area contributed by atoms with Crippen LogP contribution in [0.4, 0.5) is 0 Å². The van der Waals surface area contributed by atoms with Gasteiger partial charge in [0.05, 0.1) is 22.7 Å². The molecule has 0 unspecified atom stereocenters. The molecule has 4 nitrogen and oxygen atoms in total. The Hall–Kier alpha value is -1.86. The SMILES string of the molecule is CCCn1c(CCN2CCCC2)nc2cc(C#N)ccc21. The lowest BCUT2D eigenvalue weighted by Gasteiger charge is -2.14. The predicted molar refractivity (Wildman–Crippen MR) is 84.1 cm³/mol. The summed E-state index contributed by atoms with van der Waals surface area (Å²) in [6.07, 6.45) is 4.76. The molecule has 2 aromatic rings. The van der Waals surface area contributed by atoms with Crippen LogP contribution in [-0.4, -0.2) is 34.1 Å². The maximum Gasteiger partial charge on any atom is 0.111 e. The van der Waals surface area contributed by atoms with Gasteiger partial charge >= 0.3 is 0 Å². The Labute approximate surface area is 126 Å². The maximum atomic E-state index is 9.03. The second-order valence-electron chi connectivity index (χ2n) is 5.79. The summed E-state index contributed by atoms with van der Waals surface area (Å²) in [4.78, 5) is 7.31. The van der Waals surface area contributed by atoms with E-state index in [2.05, 4.69) is 22.5 Å². The van der Waals surface area contributed by atoms with Crippen LogP contribution in [0.2, 0.25) is 0 Å². The van der Waals surface area contributed by atoms with Gasteiger partial charge in [0.1, 0.15) is 5.82 Å². The van der Waals surface area contributed by atoms with Gasteiger partial charge in [-0.05, 0) is 50.6 Å². The van der Waals surface area contributed by atoms with E-state index in [4.69, 9.17) is 10.2 Å². The minimum atomic E-state index is 0.690. The fraction of sp³-hybridized carbons (Fsp3) is 0.529. The summed E-state index contributed by atoms with van der Waals surface area (Å²) in [5.74, 6) is 1.16. The average Bonchev–Trinajstić information content (AvgIpc) is 3.13. The molecule has 0 saturated carbocycles. The number of hydrogen-bond acceptors (Lipinski definition) is 3. The molecule has 1 aliphatic rings. The minimum absolute atomic E-state index is 0.690. The lowest BCUT2D eigenvalue weighted by Crippen LogP contribution is -2.23. The monoisotopic (exact) mass is 282 g/mol. The molecule has 4 heteroatoms. The first-order valence-electron chi connectivity index (χ1n) is 7.93. The van der Waals surface area contributed by atoms with Gasteiger partial charge in [0.25, 0.3) is 0 Å². The number of rotatable bonds is 5. The van der Waals surface area contributed by atoms with Gasteiger partial charge in [-0.2, -0.15) is 5.26 Å². The van der Waals surface area contributed by atoms with Crippen LogP contribution in [0.15, 0.2) is 18.2 Å². The minimum Gasteiger partial charge on any atom is -0.328 e. The van der Waals surface area contributed by atoms with Crippen molar-refractivity contribution >= 4 is 11.0 Å². The van der Waals surface area contributed by atoms with Crippen LogP contribution >= 0.6 is 0 Å². The van der Waals surface area contributed by atoms with E-state index in [1.807, 2.05) is 18.2 Å². The lowest BCUT2D eigenvalue weighted by atomic mass is 10.2. The molecule has 1 aliphatic heterocycles. The number of aromatic nitrogens is 2. The molecule has 1 aromatic carbocycles. The smallest absolute Gasteiger partial charge is 0.111 e. The zero-order valence-electron chi connectivity index (χ0n) is 12.7. The van der Waals surface area contributed by atoms with Crippen molar-refractivity contribution < 1.29 is 0 Å². The van der Waals surface area contributed by atoms with Crippen LogP contribution in [0, 0.1) is 11.3 Å². The number of hydrogen-bond donors (Lipinski definition) is 0. The van der Waals surface area contributed by atoms with Gasteiger partial charge in [-0.15, -0.1) is 0 Å². The van der Waals surface area contributed by atoms with Gasteiger partial charge in [0.2, 0.25) is 0 Å². The Morgan fingerprint density at radius 1 is 1.24 bits per heavy atom. The van der Waals surface area contributed by atoms with Gasteiger partial charge in [0.15, 0.2) is 0 Å². The standard InChI is InChI=1S/C17H22N4/c1-2-8-21-16-6-5-14(13-18)12-15(16)19-17(21)7-11-20-9-3-4-10-20/h5-6,12H,2-4,7-11H2,1H3. The highest BCUT2D eigenvalue weighted by Gasteiger charge is 2.15. The van der Waals surface area contributed by atoms with E-state index in [0.717, 1.165) is 42.8 Å². The van der Waals surface area contributed by atoms with E-state index in [-0.39, 0.29) is 0 Å². The molecule has 3 rings (SSSR count). The second kappa shape index (κ2) is 6.28. The Kier molecular flexibility index (Phi) is 4.21. The highest BCUT2D eigenvalue weighted by Crippen LogP contribution is 2.19. The zero-order chi connectivity index (χ0) is 14.7. The van der Waals surface area contributed by atoms with Crippen molar-refractivity contribution in [2.75, 3.05) is 19.6 Å². The summed E-state index contributed by atoms with van der Waals surface area (Å²) >= 11 is 0. The van der Waals surface area contributed by atoms with Gasteiger partial charge in [-0.3, -0.25) is 0 Å². The number of nitrogens with zero attached hydrogens (tertiary/aromatic N) is 4. The number of aryl methyl sites for hydroxylation is 1. The number of benzene rings is 1.